The highest BCUT2D eigenvalue weighted by atomic mass is 19.1. The van der Waals surface area contributed by atoms with Crippen LogP contribution in [0.25, 0.3) is 0 Å². The zero-order chi connectivity index (χ0) is 14.7. The predicted octanol–water partition coefficient (Wildman–Crippen LogP) is 3.82. The predicted molar refractivity (Wildman–Crippen MR) is 74.3 cm³/mol. The monoisotopic (exact) mass is 280 g/mol. The summed E-state index contributed by atoms with van der Waals surface area (Å²) in [6.07, 6.45) is 2.65. The minimum atomic E-state index is -0.605. The first-order valence-corrected chi connectivity index (χ1v) is 7.05. The molecule has 3 atom stereocenters. The summed E-state index contributed by atoms with van der Waals surface area (Å²) in [5, 5.41) is 0. The van der Waals surface area contributed by atoms with Crippen LogP contribution in [-0.2, 0) is 4.74 Å². The van der Waals surface area contributed by atoms with Crippen molar-refractivity contribution in [3.63, 3.8) is 0 Å². The number of benzene rings is 1. The Bertz CT molecular complexity index is 487. The Balaban J connectivity index is 2.01. The minimum Gasteiger partial charge on any atom is -0.497 e. The van der Waals surface area contributed by atoms with Gasteiger partial charge in [-0.15, -0.1) is 0 Å². The van der Waals surface area contributed by atoms with E-state index in [4.69, 9.17) is 9.47 Å². The molecule has 110 valence electrons. The minimum absolute atomic E-state index is 0.0305. The number of rotatable bonds is 3. The molecule has 0 aromatic heterocycles. The second-order valence-corrected chi connectivity index (χ2v) is 5.64. The standard InChI is InChI=1S/C16H21FO3/c1-10-4-5-13(8-11(10)2)20-16(18)14-7-6-12(19-3)9-15(14)17/h6-7,9-11,13H,4-5,8H2,1-3H3. The fourth-order valence-electron chi connectivity index (χ4n) is 2.61. The van der Waals surface area contributed by atoms with Crippen molar-refractivity contribution in [3.8, 4) is 5.75 Å². The number of methoxy groups -OCH3 is 1. The highest BCUT2D eigenvalue weighted by Crippen LogP contribution is 2.31. The summed E-state index contributed by atoms with van der Waals surface area (Å²) in [6, 6.07) is 4.17. The van der Waals surface area contributed by atoms with Gasteiger partial charge >= 0.3 is 5.97 Å². The first kappa shape index (κ1) is 14.8. The molecule has 0 saturated heterocycles. The number of ether oxygens (including phenoxy) is 2. The van der Waals surface area contributed by atoms with Crippen molar-refractivity contribution in [3.05, 3.63) is 29.6 Å². The van der Waals surface area contributed by atoms with E-state index in [0.717, 1.165) is 19.3 Å². The molecule has 0 radical (unpaired) electrons. The molecule has 1 aliphatic carbocycles. The molecule has 20 heavy (non-hydrogen) atoms. The van der Waals surface area contributed by atoms with Gasteiger partial charge in [-0.2, -0.15) is 0 Å². The van der Waals surface area contributed by atoms with Gasteiger partial charge in [0, 0.05) is 6.07 Å². The molecule has 1 aliphatic rings. The van der Waals surface area contributed by atoms with Crippen LogP contribution in [0.1, 0.15) is 43.5 Å². The first-order chi connectivity index (χ1) is 9.51. The maximum Gasteiger partial charge on any atom is 0.341 e. The lowest BCUT2D eigenvalue weighted by Crippen LogP contribution is -2.29. The highest BCUT2D eigenvalue weighted by Gasteiger charge is 2.28. The summed E-state index contributed by atoms with van der Waals surface area (Å²) >= 11 is 0. The van der Waals surface area contributed by atoms with Crippen LogP contribution < -0.4 is 4.74 Å². The summed E-state index contributed by atoms with van der Waals surface area (Å²) < 4.78 is 24.1. The van der Waals surface area contributed by atoms with E-state index < -0.39 is 11.8 Å². The van der Waals surface area contributed by atoms with E-state index in [0.29, 0.717) is 17.6 Å². The van der Waals surface area contributed by atoms with Gasteiger partial charge in [0.15, 0.2) is 0 Å². The van der Waals surface area contributed by atoms with E-state index in [2.05, 4.69) is 13.8 Å². The molecule has 2 rings (SSSR count). The third kappa shape index (κ3) is 3.30. The Labute approximate surface area is 119 Å². The third-order valence-electron chi connectivity index (χ3n) is 4.22. The average molecular weight is 280 g/mol. The molecule has 0 amide bonds. The van der Waals surface area contributed by atoms with Crippen LogP contribution in [-0.4, -0.2) is 19.2 Å². The molecule has 1 aromatic carbocycles. The normalized spacial score (nSPS) is 26.1. The highest BCUT2D eigenvalue weighted by molar-refractivity contribution is 5.90. The van der Waals surface area contributed by atoms with Crippen molar-refractivity contribution in [1.29, 1.82) is 0 Å². The zero-order valence-electron chi connectivity index (χ0n) is 12.2. The van der Waals surface area contributed by atoms with Crippen LogP contribution in [0, 0.1) is 17.7 Å². The lowest BCUT2D eigenvalue weighted by molar-refractivity contribution is 0.00834. The van der Waals surface area contributed by atoms with E-state index >= 15 is 0 Å². The number of carbonyl (C=O) groups excluding carboxylic acids is 1. The average Bonchev–Trinajstić information content (AvgIpc) is 2.42. The largest absolute Gasteiger partial charge is 0.497 e. The van der Waals surface area contributed by atoms with Crippen molar-refractivity contribution in [2.75, 3.05) is 7.11 Å². The third-order valence-corrected chi connectivity index (χ3v) is 4.22. The first-order valence-electron chi connectivity index (χ1n) is 7.05. The molecule has 0 heterocycles. The Hall–Kier alpha value is -1.58. The van der Waals surface area contributed by atoms with Gasteiger partial charge in [0.05, 0.1) is 12.7 Å². The second kappa shape index (κ2) is 6.25. The van der Waals surface area contributed by atoms with Crippen LogP contribution in [0.5, 0.6) is 5.75 Å². The van der Waals surface area contributed by atoms with E-state index in [9.17, 15) is 9.18 Å². The van der Waals surface area contributed by atoms with Gasteiger partial charge in [-0.3, -0.25) is 0 Å². The molecule has 1 aromatic rings. The molecule has 3 nitrogen and oxygen atoms in total. The second-order valence-electron chi connectivity index (χ2n) is 5.64. The van der Waals surface area contributed by atoms with Gasteiger partial charge < -0.3 is 9.47 Å². The van der Waals surface area contributed by atoms with Gasteiger partial charge in [0.2, 0.25) is 0 Å². The summed E-state index contributed by atoms with van der Waals surface area (Å²) in [4.78, 5) is 12.0. The number of esters is 1. The Morgan fingerprint density at radius 1 is 1.25 bits per heavy atom. The fourth-order valence-corrected chi connectivity index (χ4v) is 2.61. The van der Waals surface area contributed by atoms with Gasteiger partial charge in [0.25, 0.3) is 0 Å². The van der Waals surface area contributed by atoms with Crippen LogP contribution >= 0.6 is 0 Å². The number of hydrogen-bond acceptors (Lipinski definition) is 3. The molecular formula is C16H21FO3. The number of carbonyl (C=O) groups is 1. The Kier molecular flexibility index (Phi) is 4.63. The molecule has 1 fully saturated rings. The number of halogens is 1. The van der Waals surface area contributed by atoms with Crippen molar-refractivity contribution in [2.45, 2.75) is 39.2 Å². The van der Waals surface area contributed by atoms with Crippen LogP contribution in [0.2, 0.25) is 0 Å². The maximum atomic E-state index is 13.8. The molecule has 0 spiro atoms. The topological polar surface area (TPSA) is 35.5 Å². The van der Waals surface area contributed by atoms with E-state index in [1.807, 2.05) is 0 Å². The van der Waals surface area contributed by atoms with E-state index in [1.165, 1.54) is 19.2 Å². The van der Waals surface area contributed by atoms with E-state index in [-0.39, 0.29) is 11.7 Å². The zero-order valence-corrected chi connectivity index (χ0v) is 12.2. The molecule has 0 bridgehead atoms. The summed E-state index contributed by atoms with van der Waals surface area (Å²) in [7, 11) is 1.46. The van der Waals surface area contributed by atoms with Crippen LogP contribution in [0.3, 0.4) is 0 Å². The van der Waals surface area contributed by atoms with Crippen molar-refractivity contribution >= 4 is 5.97 Å². The Morgan fingerprint density at radius 2 is 2.00 bits per heavy atom. The molecule has 0 aliphatic heterocycles. The number of hydrogen-bond donors (Lipinski definition) is 0. The Morgan fingerprint density at radius 3 is 2.60 bits per heavy atom. The van der Waals surface area contributed by atoms with Crippen molar-refractivity contribution in [2.24, 2.45) is 11.8 Å². The van der Waals surface area contributed by atoms with Crippen LogP contribution in [0.15, 0.2) is 18.2 Å². The summed E-state index contributed by atoms with van der Waals surface area (Å²) in [5.41, 5.74) is -0.0305. The van der Waals surface area contributed by atoms with E-state index in [1.54, 1.807) is 6.07 Å². The molecule has 1 saturated carbocycles. The quantitative estimate of drug-likeness (QED) is 0.790. The van der Waals surface area contributed by atoms with Crippen molar-refractivity contribution in [1.82, 2.24) is 0 Å². The summed E-state index contributed by atoms with van der Waals surface area (Å²) in [6.45, 7) is 4.38. The van der Waals surface area contributed by atoms with Gasteiger partial charge in [-0.05, 0) is 43.2 Å². The SMILES string of the molecule is COc1ccc(C(=O)OC2CCC(C)C(C)C2)c(F)c1. The van der Waals surface area contributed by atoms with Crippen molar-refractivity contribution < 1.29 is 18.7 Å². The molecule has 4 heteroatoms. The summed E-state index contributed by atoms with van der Waals surface area (Å²) in [5.74, 6) is 0.382. The molecule has 3 unspecified atom stereocenters. The maximum absolute atomic E-state index is 13.8. The van der Waals surface area contributed by atoms with Crippen LogP contribution in [0.4, 0.5) is 4.39 Å². The molecule has 0 N–H and O–H groups in total. The lowest BCUT2D eigenvalue weighted by Gasteiger charge is -2.31. The van der Waals surface area contributed by atoms with Gasteiger partial charge in [-0.1, -0.05) is 13.8 Å². The van der Waals surface area contributed by atoms with Gasteiger partial charge in [0.1, 0.15) is 17.7 Å². The van der Waals surface area contributed by atoms with Gasteiger partial charge in [-0.25, -0.2) is 9.18 Å². The lowest BCUT2D eigenvalue weighted by atomic mass is 9.80. The molecular weight excluding hydrogens is 259 g/mol. The fraction of sp³-hybridized carbons (Fsp3) is 0.562. The smallest absolute Gasteiger partial charge is 0.341 e.